The van der Waals surface area contributed by atoms with Gasteiger partial charge in [0.25, 0.3) is 0 Å². The van der Waals surface area contributed by atoms with Crippen LogP contribution >= 0.6 is 0 Å². The number of rotatable bonds is 3. The van der Waals surface area contributed by atoms with Gasteiger partial charge in [-0.2, -0.15) is 22.0 Å². The fourth-order valence-corrected chi connectivity index (χ4v) is 0.245. The molecule has 0 aliphatic heterocycles. The van der Waals surface area contributed by atoms with Gasteiger partial charge in [-0.05, 0) is 0 Å². The molecule has 0 N–H and O–H groups in total. The van der Waals surface area contributed by atoms with Crippen molar-refractivity contribution in [2.24, 2.45) is 0 Å². The molecule has 0 rings (SSSR count). The zero-order valence-corrected chi connectivity index (χ0v) is 5.29. The zero-order chi connectivity index (χ0) is 9.12. The van der Waals surface area contributed by atoms with Crippen molar-refractivity contribution in [2.45, 2.75) is 12.3 Å². The van der Waals surface area contributed by atoms with E-state index in [2.05, 4.69) is 11.3 Å². The third-order valence-electron chi connectivity index (χ3n) is 0.712. The van der Waals surface area contributed by atoms with Crippen LogP contribution in [0.15, 0.2) is 12.7 Å². The van der Waals surface area contributed by atoms with Gasteiger partial charge in [-0.15, -0.1) is 6.58 Å². The van der Waals surface area contributed by atoms with Crippen molar-refractivity contribution >= 4 is 0 Å². The van der Waals surface area contributed by atoms with Gasteiger partial charge in [-0.25, -0.2) is 0 Å². The Morgan fingerprint density at radius 3 is 1.91 bits per heavy atom. The number of ether oxygens (including phenoxy) is 1. The van der Waals surface area contributed by atoms with Crippen LogP contribution in [0.25, 0.3) is 0 Å². The molecule has 0 saturated carbocycles. The molecule has 0 aromatic heterocycles. The first kappa shape index (κ1) is 10.3. The summed E-state index contributed by atoms with van der Waals surface area (Å²) in [7, 11) is 0. The first-order valence-corrected chi connectivity index (χ1v) is 2.50. The van der Waals surface area contributed by atoms with Crippen LogP contribution in [0.3, 0.4) is 0 Å². The standard InChI is InChI=1S/C5H5F5O/c1-2-3-11-5(9,10)4(6,7)8/h2H,1,3H2. The number of alkyl halides is 5. The van der Waals surface area contributed by atoms with Crippen molar-refractivity contribution in [3.05, 3.63) is 12.7 Å². The predicted octanol–water partition coefficient (Wildman–Crippen LogP) is 2.34. The van der Waals surface area contributed by atoms with E-state index in [0.29, 0.717) is 0 Å². The lowest BCUT2D eigenvalue weighted by Crippen LogP contribution is -2.39. The maximum absolute atomic E-state index is 11.7. The lowest BCUT2D eigenvalue weighted by molar-refractivity contribution is -0.388. The average molecular weight is 176 g/mol. The van der Waals surface area contributed by atoms with Gasteiger partial charge >= 0.3 is 12.3 Å². The third-order valence-corrected chi connectivity index (χ3v) is 0.712. The summed E-state index contributed by atoms with van der Waals surface area (Å²) < 4.78 is 60.4. The van der Waals surface area contributed by atoms with E-state index in [1.54, 1.807) is 0 Å². The van der Waals surface area contributed by atoms with Crippen LogP contribution in [0.5, 0.6) is 0 Å². The molecule has 0 bridgehead atoms. The van der Waals surface area contributed by atoms with E-state index >= 15 is 0 Å². The summed E-state index contributed by atoms with van der Waals surface area (Å²) in [6.45, 7) is 2.08. The van der Waals surface area contributed by atoms with E-state index in [9.17, 15) is 22.0 Å². The quantitative estimate of drug-likeness (QED) is 0.473. The Hall–Kier alpha value is -0.650. The topological polar surface area (TPSA) is 9.23 Å². The average Bonchev–Trinajstić information content (AvgIpc) is 1.81. The van der Waals surface area contributed by atoms with Gasteiger partial charge < -0.3 is 4.74 Å². The highest BCUT2D eigenvalue weighted by Gasteiger charge is 2.59. The number of hydrogen-bond donors (Lipinski definition) is 0. The van der Waals surface area contributed by atoms with Crippen molar-refractivity contribution in [2.75, 3.05) is 6.61 Å². The fraction of sp³-hybridized carbons (Fsp3) is 0.600. The van der Waals surface area contributed by atoms with E-state index < -0.39 is 18.9 Å². The molecule has 0 heterocycles. The second-order valence-corrected chi connectivity index (χ2v) is 1.61. The highest BCUT2D eigenvalue weighted by molar-refractivity contribution is 4.70. The summed E-state index contributed by atoms with van der Waals surface area (Å²) in [4.78, 5) is 0. The molecule has 6 heteroatoms. The molecule has 0 atom stereocenters. The van der Waals surface area contributed by atoms with Gasteiger partial charge in [0.15, 0.2) is 0 Å². The van der Waals surface area contributed by atoms with Gasteiger partial charge in [0.05, 0.1) is 6.61 Å². The Balaban J connectivity index is 4.10. The molecule has 1 nitrogen and oxygen atoms in total. The SMILES string of the molecule is C=CCOC(F)(F)C(F)(F)F. The highest BCUT2D eigenvalue weighted by Crippen LogP contribution is 2.35. The van der Waals surface area contributed by atoms with E-state index in [4.69, 9.17) is 0 Å². The molecule has 66 valence electrons. The van der Waals surface area contributed by atoms with Crippen LogP contribution in [0.4, 0.5) is 22.0 Å². The molecule has 0 saturated heterocycles. The second kappa shape index (κ2) is 3.17. The molecule has 0 aromatic carbocycles. The van der Waals surface area contributed by atoms with Gasteiger partial charge in [0, 0.05) is 0 Å². The van der Waals surface area contributed by atoms with E-state index in [1.807, 2.05) is 0 Å². The third kappa shape index (κ3) is 2.83. The van der Waals surface area contributed by atoms with Crippen LogP contribution in [0.1, 0.15) is 0 Å². The molecule has 0 aliphatic rings. The molecule has 0 amide bonds. The molecule has 0 aliphatic carbocycles. The first-order chi connectivity index (χ1) is 4.81. The molecule has 0 aromatic rings. The normalized spacial score (nSPS) is 13.2. The van der Waals surface area contributed by atoms with Crippen LogP contribution in [-0.2, 0) is 4.74 Å². The van der Waals surface area contributed by atoms with Crippen molar-refractivity contribution in [1.29, 1.82) is 0 Å². The molecule has 11 heavy (non-hydrogen) atoms. The maximum atomic E-state index is 11.7. The molecular weight excluding hydrogens is 171 g/mol. The summed E-state index contributed by atoms with van der Waals surface area (Å²) in [6.07, 6.45) is -9.93. The van der Waals surface area contributed by atoms with Crippen LogP contribution < -0.4 is 0 Å². The van der Waals surface area contributed by atoms with Crippen molar-refractivity contribution in [1.82, 2.24) is 0 Å². The summed E-state index contributed by atoms with van der Waals surface area (Å²) >= 11 is 0. The van der Waals surface area contributed by atoms with Crippen molar-refractivity contribution < 1.29 is 26.7 Å². The lowest BCUT2D eigenvalue weighted by atomic mass is 10.6. The van der Waals surface area contributed by atoms with Gasteiger partial charge in [0.2, 0.25) is 0 Å². The molecular formula is C5H5F5O. The summed E-state index contributed by atoms with van der Waals surface area (Å²) in [6, 6.07) is 0. The van der Waals surface area contributed by atoms with Crippen LogP contribution in [-0.4, -0.2) is 18.9 Å². The Kier molecular flexibility index (Phi) is 2.98. The van der Waals surface area contributed by atoms with Crippen LogP contribution in [0.2, 0.25) is 0 Å². The lowest BCUT2D eigenvalue weighted by Gasteiger charge is -2.18. The van der Waals surface area contributed by atoms with Gasteiger partial charge in [-0.1, -0.05) is 6.08 Å². The Labute approximate surface area is 59.5 Å². The summed E-state index contributed by atoms with van der Waals surface area (Å²) in [5.41, 5.74) is 0. The minimum Gasteiger partial charge on any atom is -0.309 e. The zero-order valence-electron chi connectivity index (χ0n) is 5.29. The number of halogens is 5. The largest absolute Gasteiger partial charge is 0.482 e. The number of hydrogen-bond acceptors (Lipinski definition) is 1. The Morgan fingerprint density at radius 2 is 1.64 bits per heavy atom. The minimum absolute atomic E-state index is 0.805. The Bertz CT molecular complexity index is 138. The first-order valence-electron chi connectivity index (χ1n) is 2.50. The van der Waals surface area contributed by atoms with Crippen molar-refractivity contribution in [3.63, 3.8) is 0 Å². The smallest absolute Gasteiger partial charge is 0.309 e. The van der Waals surface area contributed by atoms with E-state index in [1.165, 1.54) is 0 Å². The second-order valence-electron chi connectivity index (χ2n) is 1.61. The maximum Gasteiger partial charge on any atom is 0.482 e. The monoisotopic (exact) mass is 176 g/mol. The highest BCUT2D eigenvalue weighted by atomic mass is 19.4. The van der Waals surface area contributed by atoms with E-state index in [-0.39, 0.29) is 0 Å². The van der Waals surface area contributed by atoms with Crippen LogP contribution in [0, 0.1) is 0 Å². The van der Waals surface area contributed by atoms with E-state index in [0.717, 1.165) is 6.08 Å². The predicted molar refractivity (Wildman–Crippen MR) is 27.2 cm³/mol. The fourth-order valence-electron chi connectivity index (χ4n) is 0.245. The van der Waals surface area contributed by atoms with Gasteiger partial charge in [-0.3, -0.25) is 0 Å². The summed E-state index contributed by atoms with van der Waals surface area (Å²) in [5.74, 6) is 0. The molecule has 0 unspecified atom stereocenters. The van der Waals surface area contributed by atoms with Crippen molar-refractivity contribution in [3.8, 4) is 0 Å². The molecule has 0 radical (unpaired) electrons. The van der Waals surface area contributed by atoms with Gasteiger partial charge in [0.1, 0.15) is 0 Å². The molecule has 0 fully saturated rings. The Morgan fingerprint density at radius 1 is 1.18 bits per heavy atom. The summed E-state index contributed by atoms with van der Waals surface area (Å²) in [5, 5.41) is 0. The minimum atomic E-state index is -5.66. The molecule has 0 spiro atoms.